The van der Waals surface area contributed by atoms with E-state index in [1.54, 1.807) is 0 Å². The number of nitrogens with two attached hydrogens (primary N) is 1. The lowest BCUT2D eigenvalue weighted by Crippen LogP contribution is -2.27. The lowest BCUT2D eigenvalue weighted by molar-refractivity contribution is 0.112. The first-order valence-electron chi connectivity index (χ1n) is 4.91. The van der Waals surface area contributed by atoms with Crippen molar-refractivity contribution in [3.63, 3.8) is 0 Å². The average Bonchev–Trinajstić information content (AvgIpc) is 2.01. The molecule has 1 nitrogen and oxygen atoms in total. The van der Waals surface area contributed by atoms with Gasteiger partial charge in [-0.15, -0.1) is 0 Å². The Labute approximate surface area is 71.4 Å². The van der Waals surface area contributed by atoms with E-state index in [0.717, 1.165) is 5.41 Å². The highest BCUT2D eigenvalue weighted by Gasteiger charge is 2.33. The second kappa shape index (κ2) is 5.59. The molecular formula is C10H23N. The topological polar surface area (TPSA) is 26.0 Å². The van der Waals surface area contributed by atoms with Crippen molar-refractivity contribution in [2.75, 3.05) is 7.05 Å². The van der Waals surface area contributed by atoms with E-state index >= 15 is 0 Å². The molecule has 11 heavy (non-hydrogen) atoms. The summed E-state index contributed by atoms with van der Waals surface area (Å²) in [7, 11) is 1.50. The smallest absolute Gasteiger partial charge is 0.0195 e. The molecule has 0 spiro atoms. The third-order valence-electron chi connectivity index (χ3n) is 2.94. The van der Waals surface area contributed by atoms with Crippen LogP contribution in [0.1, 0.15) is 52.4 Å². The summed E-state index contributed by atoms with van der Waals surface area (Å²) in [6.45, 7) is 4.64. The van der Waals surface area contributed by atoms with Crippen LogP contribution in [0.15, 0.2) is 0 Å². The molecule has 0 aliphatic heterocycles. The lowest BCUT2D eigenvalue weighted by Gasteiger charge is -2.41. The second-order valence-corrected chi connectivity index (χ2v) is 3.46. The molecule has 1 rings (SSSR count). The summed E-state index contributed by atoms with van der Waals surface area (Å²) in [5.74, 6) is 0. The van der Waals surface area contributed by atoms with Gasteiger partial charge in [0.05, 0.1) is 0 Å². The Morgan fingerprint density at radius 3 is 1.82 bits per heavy atom. The van der Waals surface area contributed by atoms with Crippen LogP contribution in [0.5, 0.6) is 0 Å². The first kappa shape index (κ1) is 11.0. The van der Waals surface area contributed by atoms with Gasteiger partial charge < -0.3 is 5.73 Å². The van der Waals surface area contributed by atoms with Crippen LogP contribution in [0.2, 0.25) is 0 Å². The summed E-state index contributed by atoms with van der Waals surface area (Å²) in [5, 5.41) is 0. The molecule has 0 bridgehead atoms. The van der Waals surface area contributed by atoms with Gasteiger partial charge in [-0.05, 0) is 31.7 Å². The summed E-state index contributed by atoms with van der Waals surface area (Å²) in [5.41, 5.74) is 5.31. The van der Waals surface area contributed by atoms with Crippen molar-refractivity contribution in [1.29, 1.82) is 0 Å². The highest BCUT2D eigenvalue weighted by atomic mass is 14.4. The molecule has 1 heteroatoms. The largest absolute Gasteiger partial charge is 0.333 e. The quantitative estimate of drug-likeness (QED) is 0.669. The fraction of sp³-hybridized carbons (Fsp3) is 1.00. The van der Waals surface area contributed by atoms with E-state index < -0.39 is 0 Å². The summed E-state index contributed by atoms with van der Waals surface area (Å²) in [4.78, 5) is 0. The molecule has 1 aliphatic carbocycles. The second-order valence-electron chi connectivity index (χ2n) is 3.46. The van der Waals surface area contributed by atoms with Crippen LogP contribution in [-0.2, 0) is 0 Å². The van der Waals surface area contributed by atoms with E-state index in [9.17, 15) is 0 Å². The molecule has 2 N–H and O–H groups in total. The Balaban J connectivity index is 0.000000461. The van der Waals surface area contributed by atoms with Gasteiger partial charge in [-0.25, -0.2) is 0 Å². The van der Waals surface area contributed by atoms with Crippen LogP contribution >= 0.6 is 0 Å². The van der Waals surface area contributed by atoms with Gasteiger partial charge >= 0.3 is 0 Å². The fourth-order valence-corrected chi connectivity index (χ4v) is 1.99. The molecule has 0 amide bonds. The van der Waals surface area contributed by atoms with Gasteiger partial charge in [0.2, 0.25) is 0 Å². The monoisotopic (exact) mass is 157 g/mol. The zero-order chi connectivity index (χ0) is 8.74. The van der Waals surface area contributed by atoms with Gasteiger partial charge in [0.15, 0.2) is 0 Å². The predicted octanol–water partition coefficient (Wildman–Crippen LogP) is 2.94. The minimum absolute atomic E-state index is 0.814. The standard InChI is InChI=1S/C9H18.CH5N/c1-3-6-9(4-2)7-5-8-9;1-2/h3-8H2,1-2H3;2H2,1H3. The van der Waals surface area contributed by atoms with Gasteiger partial charge in [0.25, 0.3) is 0 Å². The third-order valence-corrected chi connectivity index (χ3v) is 2.94. The average molecular weight is 157 g/mol. The Hall–Kier alpha value is -0.0400. The van der Waals surface area contributed by atoms with Crippen LogP contribution in [0.3, 0.4) is 0 Å². The molecule has 1 saturated carbocycles. The predicted molar refractivity (Wildman–Crippen MR) is 51.6 cm³/mol. The van der Waals surface area contributed by atoms with Gasteiger partial charge in [0.1, 0.15) is 0 Å². The summed E-state index contributed by atoms with van der Waals surface area (Å²) < 4.78 is 0. The van der Waals surface area contributed by atoms with E-state index in [1.807, 2.05) is 0 Å². The number of hydrogen-bond acceptors (Lipinski definition) is 1. The lowest BCUT2D eigenvalue weighted by atomic mass is 9.65. The summed E-state index contributed by atoms with van der Waals surface area (Å²) in [6.07, 6.45) is 8.79. The van der Waals surface area contributed by atoms with Gasteiger partial charge in [0, 0.05) is 0 Å². The first-order chi connectivity index (χ1) is 5.33. The Kier molecular flexibility index (Phi) is 5.57. The van der Waals surface area contributed by atoms with Crippen LogP contribution < -0.4 is 5.73 Å². The van der Waals surface area contributed by atoms with Crippen molar-refractivity contribution in [2.45, 2.75) is 52.4 Å². The van der Waals surface area contributed by atoms with Crippen molar-refractivity contribution in [1.82, 2.24) is 0 Å². The maximum atomic E-state index is 4.50. The molecular weight excluding hydrogens is 134 g/mol. The minimum atomic E-state index is 0.814. The van der Waals surface area contributed by atoms with E-state index in [1.165, 1.54) is 45.6 Å². The Morgan fingerprint density at radius 1 is 1.18 bits per heavy atom. The molecule has 1 fully saturated rings. The van der Waals surface area contributed by atoms with Crippen LogP contribution in [0.4, 0.5) is 0 Å². The zero-order valence-electron chi connectivity index (χ0n) is 8.32. The molecule has 0 atom stereocenters. The number of rotatable bonds is 3. The molecule has 0 heterocycles. The van der Waals surface area contributed by atoms with Gasteiger partial charge in [-0.1, -0.05) is 33.1 Å². The minimum Gasteiger partial charge on any atom is -0.333 e. The summed E-state index contributed by atoms with van der Waals surface area (Å²) in [6, 6.07) is 0. The van der Waals surface area contributed by atoms with Crippen LogP contribution in [0, 0.1) is 5.41 Å². The zero-order valence-corrected chi connectivity index (χ0v) is 8.32. The van der Waals surface area contributed by atoms with E-state index in [-0.39, 0.29) is 0 Å². The first-order valence-corrected chi connectivity index (χ1v) is 4.91. The Bertz CT molecular complexity index is 79.4. The molecule has 0 aromatic carbocycles. The van der Waals surface area contributed by atoms with Crippen LogP contribution in [0.25, 0.3) is 0 Å². The highest BCUT2D eigenvalue weighted by molar-refractivity contribution is 4.85. The molecule has 0 aromatic rings. The van der Waals surface area contributed by atoms with E-state index in [4.69, 9.17) is 0 Å². The normalized spacial score (nSPS) is 19.6. The Morgan fingerprint density at radius 2 is 1.73 bits per heavy atom. The maximum absolute atomic E-state index is 4.50. The van der Waals surface area contributed by atoms with Gasteiger partial charge in [-0.3, -0.25) is 0 Å². The van der Waals surface area contributed by atoms with Crippen LogP contribution in [-0.4, -0.2) is 7.05 Å². The number of hydrogen-bond donors (Lipinski definition) is 1. The molecule has 68 valence electrons. The highest BCUT2D eigenvalue weighted by Crippen LogP contribution is 2.47. The maximum Gasteiger partial charge on any atom is -0.0195 e. The molecule has 0 aromatic heterocycles. The van der Waals surface area contributed by atoms with Crippen molar-refractivity contribution in [3.8, 4) is 0 Å². The van der Waals surface area contributed by atoms with Gasteiger partial charge in [-0.2, -0.15) is 0 Å². The third kappa shape index (κ3) is 2.82. The summed E-state index contributed by atoms with van der Waals surface area (Å²) >= 11 is 0. The molecule has 1 aliphatic rings. The van der Waals surface area contributed by atoms with E-state index in [2.05, 4.69) is 19.6 Å². The van der Waals surface area contributed by atoms with Crippen molar-refractivity contribution in [3.05, 3.63) is 0 Å². The van der Waals surface area contributed by atoms with E-state index in [0.29, 0.717) is 0 Å². The molecule has 0 unspecified atom stereocenters. The molecule has 0 saturated heterocycles. The fourth-order valence-electron chi connectivity index (χ4n) is 1.99. The SMILES string of the molecule is CCCC1(CC)CCC1.CN. The van der Waals surface area contributed by atoms with Crippen molar-refractivity contribution in [2.24, 2.45) is 11.1 Å². The van der Waals surface area contributed by atoms with Crippen molar-refractivity contribution < 1.29 is 0 Å². The molecule has 0 radical (unpaired) electrons. The van der Waals surface area contributed by atoms with Crippen molar-refractivity contribution >= 4 is 0 Å².